The van der Waals surface area contributed by atoms with E-state index in [4.69, 9.17) is 4.98 Å². The lowest BCUT2D eigenvalue weighted by Gasteiger charge is -2.07. The molecule has 0 atom stereocenters. The summed E-state index contributed by atoms with van der Waals surface area (Å²) in [6, 6.07) is 29.5. The summed E-state index contributed by atoms with van der Waals surface area (Å²) in [6.45, 7) is 0. The molecule has 0 aliphatic rings. The summed E-state index contributed by atoms with van der Waals surface area (Å²) in [4.78, 5) is 17.5. The Morgan fingerprint density at radius 3 is 2.45 bits per heavy atom. The van der Waals surface area contributed by atoms with Gasteiger partial charge in [0, 0.05) is 11.3 Å². The number of nitrogens with zero attached hydrogens (tertiary/aromatic N) is 1. The number of thiazole rings is 1. The third-order valence-electron chi connectivity index (χ3n) is 4.70. The van der Waals surface area contributed by atoms with E-state index in [1.165, 1.54) is 0 Å². The van der Waals surface area contributed by atoms with Gasteiger partial charge in [-0.05, 0) is 47.2 Å². The van der Waals surface area contributed by atoms with E-state index >= 15 is 0 Å². The molecule has 5 aromatic rings. The molecule has 2 N–H and O–H groups in total. The highest BCUT2D eigenvalue weighted by Crippen LogP contribution is 2.32. The summed E-state index contributed by atoms with van der Waals surface area (Å²) >= 11 is 1.56. The van der Waals surface area contributed by atoms with Crippen molar-refractivity contribution in [3.05, 3.63) is 96.6 Å². The molecule has 1 heterocycles. The van der Waals surface area contributed by atoms with Crippen molar-refractivity contribution in [2.75, 3.05) is 10.6 Å². The maximum Gasteiger partial charge on any atom is 0.255 e. The molecule has 0 spiro atoms. The average molecular weight is 395 g/mol. The molecule has 0 bridgehead atoms. The van der Waals surface area contributed by atoms with Crippen LogP contribution in [-0.2, 0) is 0 Å². The smallest absolute Gasteiger partial charge is 0.255 e. The van der Waals surface area contributed by atoms with Crippen LogP contribution in [0, 0.1) is 0 Å². The molecule has 0 saturated heterocycles. The van der Waals surface area contributed by atoms with Crippen LogP contribution in [0.2, 0.25) is 0 Å². The van der Waals surface area contributed by atoms with Crippen molar-refractivity contribution in [1.82, 2.24) is 4.98 Å². The summed E-state index contributed by atoms with van der Waals surface area (Å²) < 4.78 is 1.01. The first-order valence-electron chi connectivity index (χ1n) is 9.28. The third kappa shape index (κ3) is 3.56. The van der Waals surface area contributed by atoms with Crippen LogP contribution < -0.4 is 10.6 Å². The molecule has 1 amide bonds. The molecule has 0 saturated carbocycles. The van der Waals surface area contributed by atoms with Crippen LogP contribution in [0.4, 0.5) is 16.5 Å². The zero-order chi connectivity index (χ0) is 19.6. The number of anilines is 3. The highest BCUT2D eigenvalue weighted by atomic mass is 32.1. The largest absolute Gasteiger partial charge is 0.332 e. The first-order valence-corrected chi connectivity index (χ1v) is 10.1. The molecule has 140 valence electrons. The number of carbonyl (C=O) groups excluding carboxylic acids is 1. The zero-order valence-electron chi connectivity index (χ0n) is 15.4. The van der Waals surface area contributed by atoms with Gasteiger partial charge in [0.25, 0.3) is 5.91 Å². The molecule has 4 nitrogen and oxygen atoms in total. The topological polar surface area (TPSA) is 54.0 Å². The van der Waals surface area contributed by atoms with Gasteiger partial charge in [-0.2, -0.15) is 0 Å². The number of amides is 1. The molecule has 0 fully saturated rings. The summed E-state index contributed by atoms with van der Waals surface area (Å²) in [6.07, 6.45) is 0. The fraction of sp³-hybridized carbons (Fsp3) is 0. The van der Waals surface area contributed by atoms with Crippen LogP contribution in [0.5, 0.6) is 0 Å². The van der Waals surface area contributed by atoms with Crippen LogP contribution in [0.25, 0.3) is 21.0 Å². The SMILES string of the molecule is O=C(Nc1cccc2sc(Nc3ccccc3)nc12)c1ccc2ccccc2c1. The third-order valence-corrected chi connectivity index (χ3v) is 5.64. The normalized spacial score (nSPS) is 10.9. The van der Waals surface area contributed by atoms with Crippen molar-refractivity contribution >= 4 is 54.7 Å². The van der Waals surface area contributed by atoms with Crippen LogP contribution >= 0.6 is 11.3 Å². The Balaban J connectivity index is 1.44. The molecule has 0 unspecified atom stereocenters. The van der Waals surface area contributed by atoms with Crippen molar-refractivity contribution in [2.24, 2.45) is 0 Å². The Bertz CT molecular complexity index is 1330. The molecule has 4 aromatic carbocycles. The van der Waals surface area contributed by atoms with Crippen molar-refractivity contribution in [3.8, 4) is 0 Å². The van der Waals surface area contributed by atoms with Crippen LogP contribution in [0.3, 0.4) is 0 Å². The maximum absolute atomic E-state index is 12.8. The van der Waals surface area contributed by atoms with E-state index in [1.807, 2.05) is 91.0 Å². The highest BCUT2D eigenvalue weighted by molar-refractivity contribution is 7.22. The Morgan fingerprint density at radius 1 is 0.793 bits per heavy atom. The van der Waals surface area contributed by atoms with Gasteiger partial charge >= 0.3 is 0 Å². The first kappa shape index (κ1) is 17.4. The van der Waals surface area contributed by atoms with E-state index in [9.17, 15) is 4.79 Å². The Morgan fingerprint density at radius 2 is 1.59 bits per heavy atom. The number of carbonyl (C=O) groups is 1. The number of fused-ring (bicyclic) bond motifs is 2. The zero-order valence-corrected chi connectivity index (χ0v) is 16.2. The second-order valence-electron chi connectivity index (χ2n) is 6.68. The summed E-state index contributed by atoms with van der Waals surface area (Å²) in [7, 11) is 0. The molecule has 5 heteroatoms. The Labute approximate surface area is 171 Å². The van der Waals surface area contributed by atoms with Crippen LogP contribution in [-0.4, -0.2) is 10.9 Å². The Hall–Kier alpha value is -3.70. The predicted molar refractivity (Wildman–Crippen MR) is 121 cm³/mol. The van der Waals surface area contributed by atoms with Gasteiger partial charge in [-0.15, -0.1) is 0 Å². The van der Waals surface area contributed by atoms with Gasteiger partial charge < -0.3 is 10.6 Å². The second-order valence-corrected chi connectivity index (χ2v) is 7.71. The van der Waals surface area contributed by atoms with E-state index in [1.54, 1.807) is 11.3 Å². The van der Waals surface area contributed by atoms with Gasteiger partial charge in [0.15, 0.2) is 5.13 Å². The van der Waals surface area contributed by atoms with Gasteiger partial charge in [0.1, 0.15) is 5.52 Å². The van der Waals surface area contributed by atoms with Crippen molar-refractivity contribution in [2.45, 2.75) is 0 Å². The van der Waals surface area contributed by atoms with E-state index in [2.05, 4.69) is 10.6 Å². The minimum Gasteiger partial charge on any atom is -0.332 e. The molecule has 0 radical (unpaired) electrons. The van der Waals surface area contributed by atoms with Crippen LogP contribution in [0.15, 0.2) is 91.0 Å². The van der Waals surface area contributed by atoms with Gasteiger partial charge in [-0.3, -0.25) is 4.79 Å². The van der Waals surface area contributed by atoms with Gasteiger partial charge in [0.2, 0.25) is 0 Å². The molecule has 29 heavy (non-hydrogen) atoms. The number of hydrogen-bond acceptors (Lipinski definition) is 4. The van der Waals surface area contributed by atoms with Gasteiger partial charge in [0.05, 0.1) is 10.4 Å². The number of benzene rings is 4. The van der Waals surface area contributed by atoms with Crippen molar-refractivity contribution < 1.29 is 4.79 Å². The summed E-state index contributed by atoms with van der Waals surface area (Å²) in [5.74, 6) is -0.145. The number of hydrogen-bond donors (Lipinski definition) is 2. The molecule has 0 aliphatic carbocycles. The lowest BCUT2D eigenvalue weighted by molar-refractivity contribution is 0.102. The molecular weight excluding hydrogens is 378 g/mol. The fourth-order valence-corrected chi connectivity index (χ4v) is 4.19. The minimum atomic E-state index is -0.145. The predicted octanol–water partition coefficient (Wildman–Crippen LogP) is 6.45. The molecule has 0 aliphatic heterocycles. The fourth-order valence-electron chi connectivity index (χ4n) is 3.27. The molecule has 1 aromatic heterocycles. The lowest BCUT2D eigenvalue weighted by Crippen LogP contribution is -2.12. The minimum absolute atomic E-state index is 0.145. The monoisotopic (exact) mass is 395 g/mol. The number of rotatable bonds is 4. The number of nitrogens with one attached hydrogen (secondary N) is 2. The summed E-state index contributed by atoms with van der Waals surface area (Å²) in [5.41, 5.74) is 3.09. The van der Waals surface area contributed by atoms with Crippen molar-refractivity contribution in [3.63, 3.8) is 0 Å². The van der Waals surface area contributed by atoms with E-state index in [0.29, 0.717) is 11.3 Å². The van der Waals surface area contributed by atoms with E-state index < -0.39 is 0 Å². The molecular formula is C24H17N3OS. The Kier molecular flexibility index (Phi) is 4.42. The van der Waals surface area contributed by atoms with Gasteiger partial charge in [-0.1, -0.05) is 65.9 Å². The number of aromatic nitrogens is 1. The molecule has 5 rings (SSSR count). The average Bonchev–Trinajstić information content (AvgIpc) is 3.17. The second kappa shape index (κ2) is 7.37. The van der Waals surface area contributed by atoms with Crippen LogP contribution in [0.1, 0.15) is 10.4 Å². The highest BCUT2D eigenvalue weighted by Gasteiger charge is 2.12. The van der Waals surface area contributed by atoms with Crippen molar-refractivity contribution in [1.29, 1.82) is 0 Å². The maximum atomic E-state index is 12.8. The van der Waals surface area contributed by atoms with E-state index in [0.717, 1.165) is 31.8 Å². The first-order chi connectivity index (χ1) is 14.3. The summed E-state index contributed by atoms with van der Waals surface area (Å²) in [5, 5.41) is 9.29. The van der Waals surface area contributed by atoms with Gasteiger partial charge in [-0.25, -0.2) is 4.98 Å². The quantitative estimate of drug-likeness (QED) is 0.368. The number of para-hydroxylation sites is 2. The van der Waals surface area contributed by atoms with E-state index in [-0.39, 0.29) is 5.91 Å². The standard InChI is InChI=1S/C24H17N3OS/c28-23(18-14-13-16-7-4-5-8-17(16)15-18)26-20-11-6-12-21-22(20)27-24(29-21)25-19-9-2-1-3-10-19/h1-15H,(H,25,27)(H,26,28). The lowest BCUT2D eigenvalue weighted by atomic mass is 10.1.